The molecule has 0 atom stereocenters. The number of hydrogen-bond donors (Lipinski definition) is 0. The van der Waals surface area contributed by atoms with Crippen LogP contribution in [0.3, 0.4) is 0 Å². The fraction of sp³-hybridized carbons (Fsp3) is 0.143. The number of pyridine rings is 1. The molecule has 2 rings (SSSR count). The van der Waals surface area contributed by atoms with Crippen molar-refractivity contribution in [3.8, 4) is 0 Å². The van der Waals surface area contributed by atoms with E-state index in [0.717, 1.165) is 10.7 Å². The average molecular weight is 354 g/mol. The van der Waals surface area contributed by atoms with Gasteiger partial charge < -0.3 is 0 Å². The fourth-order valence-corrected chi connectivity index (χ4v) is 2.53. The molecule has 2 aromatic rings. The van der Waals surface area contributed by atoms with Gasteiger partial charge in [0, 0.05) is 28.2 Å². The summed E-state index contributed by atoms with van der Waals surface area (Å²) in [4.78, 5) is 16.4. The van der Waals surface area contributed by atoms with Crippen LogP contribution in [0, 0.1) is 0 Å². The molecule has 1 heterocycles. The van der Waals surface area contributed by atoms with Crippen molar-refractivity contribution in [2.75, 3.05) is 6.26 Å². The van der Waals surface area contributed by atoms with Gasteiger partial charge in [0.1, 0.15) is 0 Å². The van der Waals surface area contributed by atoms with Crippen LogP contribution in [-0.2, 0) is 16.3 Å². The van der Waals surface area contributed by atoms with E-state index in [-0.39, 0.29) is 17.1 Å². The van der Waals surface area contributed by atoms with E-state index in [1.807, 2.05) is 6.07 Å². The van der Waals surface area contributed by atoms with E-state index >= 15 is 0 Å². The molecule has 1 aromatic carbocycles. The van der Waals surface area contributed by atoms with Gasteiger partial charge in [0.25, 0.3) is 0 Å². The summed E-state index contributed by atoms with van der Waals surface area (Å²) in [6.45, 7) is 0. The number of Topliss-reactive ketones (excluding diaryl/α,β-unsaturated/α-hetero) is 1. The Bertz CT molecular complexity index is 722. The van der Waals surface area contributed by atoms with E-state index in [1.54, 1.807) is 12.3 Å². The predicted molar refractivity (Wildman–Crippen MR) is 79.5 cm³/mol. The Morgan fingerprint density at radius 1 is 1.15 bits per heavy atom. The van der Waals surface area contributed by atoms with Crippen LogP contribution < -0.4 is 0 Å². The maximum atomic E-state index is 12.1. The molecule has 0 fully saturated rings. The molecule has 0 radical (unpaired) electrons. The Balaban J connectivity index is 2.15. The van der Waals surface area contributed by atoms with Crippen molar-refractivity contribution in [3.05, 3.63) is 58.3 Å². The van der Waals surface area contributed by atoms with Crippen molar-refractivity contribution >= 4 is 31.6 Å². The highest BCUT2D eigenvalue weighted by Crippen LogP contribution is 2.13. The van der Waals surface area contributed by atoms with Crippen molar-refractivity contribution in [2.45, 2.75) is 11.3 Å². The van der Waals surface area contributed by atoms with Gasteiger partial charge in [-0.05, 0) is 40.2 Å². The third kappa shape index (κ3) is 3.74. The smallest absolute Gasteiger partial charge is 0.175 e. The standard InChI is InChI=1S/C14H12BrNO3S/c1-20(18,19)13-6-2-10(3-7-13)14(17)8-12-5-4-11(15)9-16-12/h2-7,9H,8H2,1H3. The molecular formula is C14H12BrNO3S. The van der Waals surface area contributed by atoms with Gasteiger partial charge in [0.05, 0.1) is 11.3 Å². The first-order valence-electron chi connectivity index (χ1n) is 5.80. The molecule has 0 aliphatic carbocycles. The summed E-state index contributed by atoms with van der Waals surface area (Å²) in [7, 11) is -3.24. The van der Waals surface area contributed by atoms with E-state index in [0.29, 0.717) is 11.3 Å². The summed E-state index contributed by atoms with van der Waals surface area (Å²) >= 11 is 3.28. The zero-order valence-corrected chi connectivity index (χ0v) is 13.1. The van der Waals surface area contributed by atoms with E-state index in [9.17, 15) is 13.2 Å². The molecule has 0 unspecified atom stereocenters. The number of aromatic nitrogens is 1. The number of halogens is 1. The Hall–Kier alpha value is -1.53. The second-order valence-electron chi connectivity index (χ2n) is 4.36. The first-order chi connectivity index (χ1) is 9.36. The lowest BCUT2D eigenvalue weighted by Gasteiger charge is -2.03. The van der Waals surface area contributed by atoms with Crippen LogP contribution in [0.1, 0.15) is 16.1 Å². The molecule has 0 amide bonds. The maximum Gasteiger partial charge on any atom is 0.175 e. The maximum absolute atomic E-state index is 12.1. The number of hydrogen-bond acceptors (Lipinski definition) is 4. The third-order valence-electron chi connectivity index (χ3n) is 2.73. The molecule has 0 saturated heterocycles. The van der Waals surface area contributed by atoms with Crippen molar-refractivity contribution in [3.63, 3.8) is 0 Å². The SMILES string of the molecule is CS(=O)(=O)c1ccc(C(=O)Cc2ccc(Br)cn2)cc1. The van der Waals surface area contributed by atoms with Gasteiger partial charge in [-0.2, -0.15) is 0 Å². The lowest BCUT2D eigenvalue weighted by molar-refractivity contribution is 0.0992. The number of benzene rings is 1. The van der Waals surface area contributed by atoms with Crippen molar-refractivity contribution in [1.29, 1.82) is 0 Å². The molecule has 0 saturated carbocycles. The van der Waals surface area contributed by atoms with Gasteiger partial charge in [-0.15, -0.1) is 0 Å². The van der Waals surface area contributed by atoms with Gasteiger partial charge >= 0.3 is 0 Å². The lowest BCUT2D eigenvalue weighted by atomic mass is 10.1. The van der Waals surface area contributed by atoms with Crippen molar-refractivity contribution < 1.29 is 13.2 Å². The van der Waals surface area contributed by atoms with Gasteiger partial charge in [0.15, 0.2) is 15.6 Å². The first kappa shape index (κ1) is 14.9. The summed E-state index contributed by atoms with van der Waals surface area (Å²) in [6, 6.07) is 9.53. The Morgan fingerprint density at radius 2 is 1.80 bits per heavy atom. The number of ketones is 1. The minimum Gasteiger partial charge on any atom is -0.294 e. The Labute approximate surface area is 125 Å². The van der Waals surface area contributed by atoms with E-state index < -0.39 is 9.84 Å². The van der Waals surface area contributed by atoms with Crippen LogP contribution in [0.15, 0.2) is 52.0 Å². The van der Waals surface area contributed by atoms with Crippen LogP contribution in [0.2, 0.25) is 0 Å². The monoisotopic (exact) mass is 353 g/mol. The molecular weight excluding hydrogens is 342 g/mol. The molecule has 1 aromatic heterocycles. The van der Waals surface area contributed by atoms with Gasteiger partial charge in [-0.25, -0.2) is 8.42 Å². The molecule has 0 aliphatic rings. The fourth-order valence-electron chi connectivity index (χ4n) is 1.67. The van der Waals surface area contributed by atoms with Gasteiger partial charge in [0.2, 0.25) is 0 Å². The van der Waals surface area contributed by atoms with Crippen LogP contribution in [0.25, 0.3) is 0 Å². The minimum absolute atomic E-state index is 0.0973. The average Bonchev–Trinajstić information content (AvgIpc) is 2.40. The molecule has 0 aliphatic heterocycles. The molecule has 0 N–H and O–H groups in total. The Kier molecular flexibility index (Phi) is 4.35. The summed E-state index contributed by atoms with van der Waals surface area (Å²) in [5.41, 5.74) is 1.15. The second kappa shape index (κ2) is 5.85. The summed E-state index contributed by atoms with van der Waals surface area (Å²) < 4.78 is 23.5. The second-order valence-corrected chi connectivity index (χ2v) is 7.30. The quantitative estimate of drug-likeness (QED) is 0.792. The summed E-state index contributed by atoms with van der Waals surface area (Å²) in [5.74, 6) is -0.0973. The van der Waals surface area contributed by atoms with Crippen LogP contribution in [0.4, 0.5) is 0 Å². The number of sulfone groups is 1. The lowest BCUT2D eigenvalue weighted by Crippen LogP contribution is -2.05. The number of carbonyl (C=O) groups is 1. The molecule has 0 bridgehead atoms. The van der Waals surface area contributed by atoms with Gasteiger partial charge in [-0.3, -0.25) is 9.78 Å². The molecule has 0 spiro atoms. The van der Waals surface area contributed by atoms with Crippen molar-refractivity contribution in [2.24, 2.45) is 0 Å². The molecule has 20 heavy (non-hydrogen) atoms. The van der Waals surface area contributed by atoms with Crippen LogP contribution in [-0.4, -0.2) is 25.4 Å². The minimum atomic E-state index is -3.24. The summed E-state index contributed by atoms with van der Waals surface area (Å²) in [6.07, 6.45) is 2.95. The number of carbonyl (C=O) groups excluding carboxylic acids is 1. The Morgan fingerprint density at radius 3 is 2.30 bits per heavy atom. The zero-order chi connectivity index (χ0) is 14.8. The normalized spacial score (nSPS) is 11.3. The van der Waals surface area contributed by atoms with Gasteiger partial charge in [-0.1, -0.05) is 12.1 Å². The largest absolute Gasteiger partial charge is 0.294 e. The molecule has 4 nitrogen and oxygen atoms in total. The van der Waals surface area contributed by atoms with E-state index in [2.05, 4.69) is 20.9 Å². The third-order valence-corrected chi connectivity index (χ3v) is 4.33. The molecule has 104 valence electrons. The zero-order valence-electron chi connectivity index (χ0n) is 10.7. The highest BCUT2D eigenvalue weighted by molar-refractivity contribution is 9.10. The highest BCUT2D eigenvalue weighted by Gasteiger charge is 2.11. The van der Waals surface area contributed by atoms with Crippen molar-refractivity contribution in [1.82, 2.24) is 4.98 Å². The van der Waals surface area contributed by atoms with E-state index in [1.165, 1.54) is 24.3 Å². The first-order valence-corrected chi connectivity index (χ1v) is 8.48. The number of rotatable bonds is 4. The topological polar surface area (TPSA) is 64.1 Å². The highest BCUT2D eigenvalue weighted by atomic mass is 79.9. The van der Waals surface area contributed by atoms with E-state index in [4.69, 9.17) is 0 Å². The summed E-state index contributed by atoms with van der Waals surface area (Å²) in [5, 5.41) is 0. The number of nitrogens with zero attached hydrogens (tertiary/aromatic N) is 1. The molecule has 6 heteroatoms. The van der Waals surface area contributed by atoms with Crippen LogP contribution >= 0.6 is 15.9 Å². The van der Waals surface area contributed by atoms with Crippen LogP contribution in [0.5, 0.6) is 0 Å². The predicted octanol–water partition coefficient (Wildman–Crippen LogP) is 2.67.